The van der Waals surface area contributed by atoms with Gasteiger partial charge in [0.15, 0.2) is 0 Å². The molecule has 2 aromatic carbocycles. The van der Waals surface area contributed by atoms with Crippen LogP contribution in [0.1, 0.15) is 29.7 Å². The zero-order valence-corrected chi connectivity index (χ0v) is 19.8. The summed E-state index contributed by atoms with van der Waals surface area (Å²) in [6.45, 7) is -0.0388. The number of benzene rings is 2. The molecule has 0 saturated carbocycles. The van der Waals surface area contributed by atoms with Gasteiger partial charge in [-0.3, -0.25) is 14.3 Å². The van der Waals surface area contributed by atoms with Crippen LogP contribution in [0.15, 0.2) is 48.7 Å². The van der Waals surface area contributed by atoms with Crippen LogP contribution >= 0.6 is 0 Å². The second-order valence-corrected chi connectivity index (χ2v) is 8.68. The second kappa shape index (κ2) is 10.7. The Labute approximate surface area is 202 Å². The summed E-state index contributed by atoms with van der Waals surface area (Å²) in [6.07, 6.45) is 5.65. The molecule has 0 fully saturated rings. The van der Waals surface area contributed by atoms with Crippen molar-refractivity contribution in [1.82, 2.24) is 15.1 Å². The summed E-state index contributed by atoms with van der Waals surface area (Å²) >= 11 is 0. The normalized spacial score (nSPS) is 13.6. The minimum Gasteiger partial charge on any atom is -0.497 e. The number of halogens is 2. The van der Waals surface area contributed by atoms with E-state index >= 15 is 0 Å². The fraction of sp³-hybridized carbons (Fsp3) is 0.346. The van der Waals surface area contributed by atoms with E-state index in [9.17, 15) is 18.4 Å². The molecule has 7 nitrogen and oxygen atoms in total. The average Bonchev–Trinajstić information content (AvgIpc) is 3.25. The van der Waals surface area contributed by atoms with Crippen molar-refractivity contribution in [3.63, 3.8) is 0 Å². The predicted molar refractivity (Wildman–Crippen MR) is 127 cm³/mol. The third-order valence-corrected chi connectivity index (χ3v) is 6.22. The third kappa shape index (κ3) is 5.85. The van der Waals surface area contributed by atoms with Gasteiger partial charge in [0.1, 0.15) is 30.0 Å². The Balaban J connectivity index is 1.54. The second-order valence-electron chi connectivity index (χ2n) is 8.68. The van der Waals surface area contributed by atoms with E-state index in [2.05, 4.69) is 10.4 Å². The van der Waals surface area contributed by atoms with Gasteiger partial charge in [-0.2, -0.15) is 5.10 Å². The van der Waals surface area contributed by atoms with E-state index in [4.69, 9.17) is 4.74 Å². The van der Waals surface area contributed by atoms with Gasteiger partial charge in [0.25, 0.3) is 0 Å². The maximum atomic E-state index is 13.8. The summed E-state index contributed by atoms with van der Waals surface area (Å²) in [6, 6.07) is 8.91. The highest BCUT2D eigenvalue weighted by Crippen LogP contribution is 2.22. The van der Waals surface area contributed by atoms with Gasteiger partial charge in [0, 0.05) is 30.9 Å². The molecule has 3 aromatic rings. The van der Waals surface area contributed by atoms with Crippen LogP contribution in [0.2, 0.25) is 0 Å². The SMILES string of the molecule is COc1ccc(N(C)C(=O)[C@H](Cc2cc(F)cc(F)c2)NC(=O)Cn2ncc3c2CCCC3)cc1. The predicted octanol–water partition coefficient (Wildman–Crippen LogP) is 3.44. The molecule has 0 aliphatic heterocycles. The first kappa shape index (κ1) is 24.4. The molecule has 1 atom stereocenters. The molecule has 1 aromatic heterocycles. The number of aromatic nitrogens is 2. The van der Waals surface area contributed by atoms with Crippen LogP contribution in [0.25, 0.3) is 0 Å². The summed E-state index contributed by atoms with van der Waals surface area (Å²) < 4.78 is 34.4. The lowest BCUT2D eigenvalue weighted by Gasteiger charge is -2.25. The first-order valence-corrected chi connectivity index (χ1v) is 11.5. The molecule has 0 bridgehead atoms. The highest BCUT2D eigenvalue weighted by atomic mass is 19.1. The maximum Gasteiger partial charge on any atom is 0.249 e. The molecular formula is C26H28F2N4O3. The number of methoxy groups -OCH3 is 1. The lowest BCUT2D eigenvalue weighted by Crippen LogP contribution is -2.49. The zero-order chi connectivity index (χ0) is 24.9. The van der Waals surface area contributed by atoms with Crippen molar-refractivity contribution in [3.05, 3.63) is 77.1 Å². The summed E-state index contributed by atoms with van der Waals surface area (Å²) in [5.74, 6) is -1.68. The van der Waals surface area contributed by atoms with Crippen LogP contribution in [0, 0.1) is 11.6 Å². The lowest BCUT2D eigenvalue weighted by molar-refractivity contribution is -0.127. The van der Waals surface area contributed by atoms with Crippen LogP contribution < -0.4 is 15.0 Å². The molecule has 1 aliphatic rings. The average molecular weight is 483 g/mol. The summed E-state index contributed by atoms with van der Waals surface area (Å²) in [5, 5.41) is 7.11. The van der Waals surface area contributed by atoms with E-state index in [1.165, 1.54) is 4.90 Å². The number of amides is 2. The van der Waals surface area contributed by atoms with Crippen molar-refractivity contribution in [3.8, 4) is 5.75 Å². The van der Waals surface area contributed by atoms with Gasteiger partial charge >= 0.3 is 0 Å². The van der Waals surface area contributed by atoms with Gasteiger partial charge < -0.3 is 15.0 Å². The number of hydrogen-bond donors (Lipinski definition) is 1. The molecule has 4 rings (SSSR count). The van der Waals surface area contributed by atoms with Crippen molar-refractivity contribution in [2.24, 2.45) is 0 Å². The number of aryl methyl sites for hydroxylation is 1. The largest absolute Gasteiger partial charge is 0.497 e. The Bertz CT molecular complexity index is 1190. The molecule has 9 heteroatoms. The zero-order valence-electron chi connectivity index (χ0n) is 19.8. The van der Waals surface area contributed by atoms with E-state index in [0.717, 1.165) is 55.1 Å². The van der Waals surface area contributed by atoms with Crippen LogP contribution in [0.4, 0.5) is 14.5 Å². The quantitative estimate of drug-likeness (QED) is 0.534. The number of hydrogen-bond acceptors (Lipinski definition) is 4. The topological polar surface area (TPSA) is 76.5 Å². The number of nitrogens with one attached hydrogen (secondary N) is 1. The number of likely N-dealkylation sites (N-methyl/N-ethyl adjacent to an activating group) is 1. The summed E-state index contributed by atoms with van der Waals surface area (Å²) in [4.78, 5) is 27.8. The molecule has 35 heavy (non-hydrogen) atoms. The Morgan fingerprint density at radius 3 is 2.49 bits per heavy atom. The molecule has 1 heterocycles. The number of carbonyl (C=O) groups excluding carboxylic acids is 2. The van der Waals surface area contributed by atoms with Crippen molar-refractivity contribution in [2.45, 2.75) is 44.7 Å². The van der Waals surface area contributed by atoms with E-state index in [1.807, 2.05) is 0 Å². The van der Waals surface area contributed by atoms with Crippen molar-refractivity contribution >= 4 is 17.5 Å². The molecule has 184 valence electrons. The molecule has 1 aliphatic carbocycles. The monoisotopic (exact) mass is 482 g/mol. The first-order valence-electron chi connectivity index (χ1n) is 11.5. The van der Waals surface area contributed by atoms with Crippen molar-refractivity contribution < 1.29 is 23.1 Å². The third-order valence-electron chi connectivity index (χ3n) is 6.22. The van der Waals surface area contributed by atoms with Gasteiger partial charge in [-0.05, 0) is 73.2 Å². The smallest absolute Gasteiger partial charge is 0.249 e. The Morgan fingerprint density at radius 1 is 1.11 bits per heavy atom. The van der Waals surface area contributed by atoms with Gasteiger partial charge in [-0.25, -0.2) is 8.78 Å². The van der Waals surface area contributed by atoms with Gasteiger partial charge in [-0.15, -0.1) is 0 Å². The summed E-state index contributed by atoms with van der Waals surface area (Å²) in [5.41, 5.74) is 3.03. The fourth-order valence-corrected chi connectivity index (χ4v) is 4.40. The fourth-order valence-electron chi connectivity index (χ4n) is 4.40. The minimum absolute atomic E-state index is 0.0388. The van der Waals surface area contributed by atoms with E-state index in [1.54, 1.807) is 49.3 Å². The molecule has 0 spiro atoms. The molecule has 0 unspecified atom stereocenters. The number of anilines is 1. The number of nitrogens with zero attached hydrogens (tertiary/aromatic N) is 3. The lowest BCUT2D eigenvalue weighted by atomic mass is 9.98. The van der Waals surface area contributed by atoms with Gasteiger partial charge in [-0.1, -0.05) is 0 Å². The van der Waals surface area contributed by atoms with E-state index in [0.29, 0.717) is 11.4 Å². The Morgan fingerprint density at radius 2 is 1.80 bits per heavy atom. The molecule has 2 amide bonds. The molecular weight excluding hydrogens is 454 g/mol. The maximum absolute atomic E-state index is 13.8. The Kier molecular flexibility index (Phi) is 7.43. The van der Waals surface area contributed by atoms with Gasteiger partial charge in [0.05, 0.1) is 13.3 Å². The van der Waals surface area contributed by atoms with E-state index < -0.39 is 29.5 Å². The van der Waals surface area contributed by atoms with Crippen LogP contribution in [-0.4, -0.2) is 41.8 Å². The number of fused-ring (bicyclic) bond motifs is 1. The Hall–Kier alpha value is -3.75. The van der Waals surface area contributed by atoms with Crippen LogP contribution in [0.3, 0.4) is 0 Å². The number of carbonyl (C=O) groups is 2. The highest BCUT2D eigenvalue weighted by Gasteiger charge is 2.27. The summed E-state index contributed by atoms with van der Waals surface area (Å²) in [7, 11) is 3.13. The molecule has 1 N–H and O–H groups in total. The highest BCUT2D eigenvalue weighted by molar-refractivity contribution is 5.99. The molecule has 0 saturated heterocycles. The van der Waals surface area contributed by atoms with Crippen LogP contribution in [-0.2, 0) is 35.4 Å². The number of rotatable bonds is 8. The van der Waals surface area contributed by atoms with Gasteiger partial charge in [0.2, 0.25) is 11.8 Å². The number of ether oxygens (including phenoxy) is 1. The standard InChI is InChI=1S/C26H28F2N4O3/c1-31(21-7-9-22(35-2)10-8-21)26(34)23(13-17-11-19(27)14-20(28)12-17)30-25(33)16-32-24-6-4-3-5-18(24)15-29-32/h7-12,14-15,23H,3-6,13,16H2,1-2H3,(H,30,33)/t23-/m0/s1. The molecule has 0 radical (unpaired) electrons. The van der Waals surface area contributed by atoms with E-state index in [-0.39, 0.29) is 18.5 Å². The van der Waals surface area contributed by atoms with Crippen molar-refractivity contribution in [2.75, 3.05) is 19.1 Å². The first-order chi connectivity index (χ1) is 16.8. The van der Waals surface area contributed by atoms with Crippen molar-refractivity contribution in [1.29, 1.82) is 0 Å². The van der Waals surface area contributed by atoms with Crippen LogP contribution in [0.5, 0.6) is 5.75 Å². The minimum atomic E-state index is -1.04.